The molecule has 2 aromatic rings. The van der Waals surface area contributed by atoms with Gasteiger partial charge in [0.2, 0.25) is 15.8 Å². The zero-order valence-electron chi connectivity index (χ0n) is 10.3. The number of hydrogen-bond acceptors (Lipinski definition) is 1. The maximum absolute atomic E-state index is 13.9. The largest absolute Gasteiger partial charge is 0.233 e. The van der Waals surface area contributed by atoms with Crippen LogP contribution in [0.3, 0.4) is 0 Å². The third-order valence-corrected chi connectivity index (χ3v) is 4.48. The Morgan fingerprint density at radius 1 is 0.952 bits per heavy atom. The van der Waals surface area contributed by atoms with E-state index in [1.165, 1.54) is 18.2 Å². The Morgan fingerprint density at radius 2 is 1.57 bits per heavy atom. The standard InChI is InChI=1S/C13H9F6NS/c14-11(10-5-2-1-3-6-10)9-21(16,17,18,19)12-7-4-8-20-13(12)15/h1-9H/b11-9-. The second kappa shape index (κ2) is 4.27. The highest BCUT2D eigenvalue weighted by molar-refractivity contribution is 8.52. The normalized spacial score (nSPS) is 16.2. The molecule has 0 fully saturated rings. The van der Waals surface area contributed by atoms with E-state index in [0.29, 0.717) is 0 Å². The van der Waals surface area contributed by atoms with E-state index in [0.717, 1.165) is 24.4 Å². The Labute approximate surface area is 116 Å². The van der Waals surface area contributed by atoms with Crippen molar-refractivity contribution in [3.63, 3.8) is 0 Å². The van der Waals surface area contributed by atoms with Crippen molar-refractivity contribution in [2.45, 2.75) is 4.90 Å². The molecule has 0 aliphatic carbocycles. The molecule has 21 heavy (non-hydrogen) atoms. The fourth-order valence-corrected chi connectivity index (χ4v) is 3.07. The van der Waals surface area contributed by atoms with Crippen LogP contribution >= 0.6 is 9.84 Å². The van der Waals surface area contributed by atoms with Gasteiger partial charge in [0.1, 0.15) is 10.7 Å². The molecule has 2 rings (SSSR count). The molecule has 0 aliphatic rings. The van der Waals surface area contributed by atoms with Gasteiger partial charge in [-0.2, -0.15) is 4.39 Å². The third kappa shape index (κ3) is 3.21. The number of nitrogens with zero attached hydrogens (tertiary/aromatic N) is 1. The van der Waals surface area contributed by atoms with Gasteiger partial charge in [-0.05, 0) is 12.1 Å². The van der Waals surface area contributed by atoms with Gasteiger partial charge in [-0.1, -0.05) is 30.3 Å². The lowest BCUT2D eigenvalue weighted by atomic mass is 10.2. The van der Waals surface area contributed by atoms with Crippen LogP contribution in [-0.4, -0.2) is 4.98 Å². The van der Waals surface area contributed by atoms with Crippen molar-refractivity contribution in [2.24, 2.45) is 0 Å². The second-order valence-electron chi connectivity index (χ2n) is 4.26. The Hall–Kier alpha value is -1.96. The van der Waals surface area contributed by atoms with E-state index in [2.05, 4.69) is 4.98 Å². The minimum atomic E-state index is -9.28. The van der Waals surface area contributed by atoms with E-state index >= 15 is 0 Å². The van der Waals surface area contributed by atoms with Crippen molar-refractivity contribution in [3.8, 4) is 0 Å². The molecule has 114 valence electrons. The van der Waals surface area contributed by atoms with E-state index < -0.39 is 37.5 Å². The molecular formula is C13H9F6NS. The van der Waals surface area contributed by atoms with Gasteiger partial charge in [0.25, 0.3) is 0 Å². The Morgan fingerprint density at radius 3 is 2.14 bits per heavy atom. The van der Waals surface area contributed by atoms with Crippen LogP contribution in [0.5, 0.6) is 0 Å². The number of benzene rings is 1. The zero-order valence-corrected chi connectivity index (χ0v) is 11.1. The number of halogens is 6. The van der Waals surface area contributed by atoms with Crippen LogP contribution in [0.2, 0.25) is 0 Å². The molecule has 0 spiro atoms. The van der Waals surface area contributed by atoms with Crippen molar-refractivity contribution >= 4 is 15.7 Å². The van der Waals surface area contributed by atoms with Crippen LogP contribution in [0.4, 0.5) is 24.3 Å². The minimum absolute atomic E-state index is 0.193. The van der Waals surface area contributed by atoms with Gasteiger partial charge in [-0.15, -0.1) is 15.5 Å². The minimum Gasteiger partial charge on any atom is -0.227 e. The predicted molar refractivity (Wildman–Crippen MR) is 70.0 cm³/mol. The van der Waals surface area contributed by atoms with Crippen molar-refractivity contribution in [2.75, 3.05) is 0 Å². The summed E-state index contributed by atoms with van der Waals surface area (Å²) in [5.74, 6) is -3.87. The van der Waals surface area contributed by atoms with Gasteiger partial charge in [-0.3, -0.25) is 0 Å². The smallest absolute Gasteiger partial charge is 0.227 e. The van der Waals surface area contributed by atoms with Crippen molar-refractivity contribution in [3.05, 3.63) is 65.6 Å². The molecule has 1 aromatic heterocycles. The number of pyridine rings is 1. The van der Waals surface area contributed by atoms with Crippen LogP contribution in [0.25, 0.3) is 5.83 Å². The average Bonchev–Trinajstić information content (AvgIpc) is 2.38. The molecule has 0 saturated carbocycles. The molecule has 0 unspecified atom stereocenters. The first kappa shape index (κ1) is 15.4. The van der Waals surface area contributed by atoms with Crippen LogP contribution in [0, 0.1) is 5.95 Å². The summed E-state index contributed by atoms with van der Waals surface area (Å²) in [4.78, 5) is 0.562. The summed E-state index contributed by atoms with van der Waals surface area (Å²) < 4.78 is 82.6. The highest BCUT2D eigenvalue weighted by atomic mass is 32.5. The summed E-state index contributed by atoms with van der Waals surface area (Å²) in [6, 6.07) is 7.05. The van der Waals surface area contributed by atoms with Crippen molar-refractivity contribution in [1.29, 1.82) is 0 Å². The second-order valence-corrected chi connectivity index (χ2v) is 7.20. The van der Waals surface area contributed by atoms with Gasteiger partial charge in [0.15, 0.2) is 0 Å². The molecule has 0 saturated heterocycles. The first-order chi connectivity index (χ1) is 9.52. The van der Waals surface area contributed by atoms with Gasteiger partial charge >= 0.3 is 0 Å². The SMILES string of the molecule is F/C(=C\S(F)(F)(F)(F)c1cccnc1F)c1ccccc1. The third-order valence-electron chi connectivity index (χ3n) is 2.57. The zero-order chi connectivity index (χ0) is 15.8. The lowest BCUT2D eigenvalue weighted by Crippen LogP contribution is -2.13. The number of hydrogen-bond donors (Lipinski definition) is 0. The van der Waals surface area contributed by atoms with E-state index in [1.54, 1.807) is 0 Å². The Bertz CT molecular complexity index is 707. The summed E-state index contributed by atoms with van der Waals surface area (Å²) in [5, 5.41) is -1.09. The first-order valence-electron chi connectivity index (χ1n) is 5.57. The van der Waals surface area contributed by atoms with Crippen LogP contribution < -0.4 is 0 Å². The highest BCUT2D eigenvalue weighted by Crippen LogP contribution is 3.02. The molecule has 8 heteroatoms. The van der Waals surface area contributed by atoms with Gasteiger partial charge < -0.3 is 0 Å². The van der Waals surface area contributed by atoms with Gasteiger partial charge in [-0.25, -0.2) is 9.37 Å². The molecule has 0 atom stereocenters. The quantitative estimate of drug-likeness (QED) is 0.501. The Balaban J connectivity index is 2.66. The molecule has 1 heterocycles. The van der Waals surface area contributed by atoms with Crippen molar-refractivity contribution in [1.82, 2.24) is 4.98 Å². The maximum atomic E-state index is 13.9. The van der Waals surface area contributed by atoms with E-state index in [-0.39, 0.29) is 6.07 Å². The monoisotopic (exact) mass is 325 g/mol. The lowest BCUT2D eigenvalue weighted by Gasteiger charge is -2.46. The van der Waals surface area contributed by atoms with E-state index in [1.807, 2.05) is 0 Å². The molecule has 0 aliphatic heterocycles. The van der Waals surface area contributed by atoms with E-state index in [4.69, 9.17) is 0 Å². The summed E-state index contributed by atoms with van der Waals surface area (Å²) >= 11 is 0. The summed E-state index contributed by atoms with van der Waals surface area (Å²) in [7, 11) is -9.28. The maximum Gasteiger partial charge on any atom is 0.233 e. The van der Waals surface area contributed by atoms with Gasteiger partial charge in [0, 0.05) is 11.8 Å². The molecule has 0 radical (unpaired) electrons. The molecule has 0 N–H and O–H groups in total. The summed E-state index contributed by atoms with van der Waals surface area (Å²) in [5.41, 5.74) is -0.461. The summed E-state index contributed by atoms with van der Waals surface area (Å²) in [6.07, 6.45) is 0.740. The first-order valence-corrected chi connectivity index (χ1v) is 7.69. The number of rotatable bonds is 3. The van der Waals surface area contributed by atoms with Crippen LogP contribution in [0.1, 0.15) is 5.56 Å². The molecule has 0 bridgehead atoms. The molecule has 0 amide bonds. The fourth-order valence-electron chi connectivity index (χ4n) is 1.63. The highest BCUT2D eigenvalue weighted by Gasteiger charge is 2.65. The topological polar surface area (TPSA) is 12.9 Å². The molecule has 1 aromatic carbocycles. The van der Waals surface area contributed by atoms with Crippen LogP contribution in [0.15, 0.2) is 59.0 Å². The molecule has 1 nitrogen and oxygen atoms in total. The van der Waals surface area contributed by atoms with Crippen molar-refractivity contribution < 1.29 is 24.3 Å². The Kier molecular flexibility index (Phi) is 3.13. The van der Waals surface area contributed by atoms with Gasteiger partial charge in [0.05, 0.1) is 5.41 Å². The lowest BCUT2D eigenvalue weighted by molar-refractivity contribution is 0.442. The average molecular weight is 325 g/mol. The summed E-state index contributed by atoms with van der Waals surface area (Å²) in [6.45, 7) is 0. The predicted octanol–water partition coefficient (Wildman–Crippen LogP) is 5.96. The fraction of sp³-hybridized carbons (Fsp3) is 0. The molecular weight excluding hydrogens is 316 g/mol. The van der Waals surface area contributed by atoms with Crippen LogP contribution in [-0.2, 0) is 0 Å². The van der Waals surface area contributed by atoms with E-state index in [9.17, 15) is 24.3 Å². The number of aromatic nitrogens is 1.